The van der Waals surface area contributed by atoms with Gasteiger partial charge < -0.3 is 21.3 Å². The maximum absolute atomic E-state index is 11.8. The molecular formula is C15H28N4O. The summed E-state index contributed by atoms with van der Waals surface area (Å²) in [6.45, 7) is 4.00. The van der Waals surface area contributed by atoms with Gasteiger partial charge in [-0.05, 0) is 64.1 Å². The Kier molecular flexibility index (Phi) is 3.77. The molecule has 0 aromatic carbocycles. The smallest absolute Gasteiger partial charge is 0.239 e. The number of nitrogens with two attached hydrogens (primary N) is 2. The van der Waals surface area contributed by atoms with Gasteiger partial charge in [-0.25, -0.2) is 0 Å². The molecular weight excluding hydrogens is 252 g/mol. The molecule has 1 aliphatic carbocycles. The molecule has 0 bridgehead atoms. The van der Waals surface area contributed by atoms with Crippen LogP contribution in [0.5, 0.6) is 0 Å². The van der Waals surface area contributed by atoms with Crippen LogP contribution in [0.2, 0.25) is 0 Å². The maximum atomic E-state index is 11.8. The Morgan fingerprint density at radius 1 is 1.25 bits per heavy atom. The fraction of sp³-hybridized carbons (Fsp3) is 0.933. The van der Waals surface area contributed by atoms with Crippen LogP contribution in [0.1, 0.15) is 32.1 Å². The van der Waals surface area contributed by atoms with Crippen LogP contribution in [0.15, 0.2) is 0 Å². The molecule has 3 aliphatic rings. The van der Waals surface area contributed by atoms with E-state index in [0.717, 1.165) is 37.9 Å². The minimum atomic E-state index is -0.798. The summed E-state index contributed by atoms with van der Waals surface area (Å²) >= 11 is 0. The first-order valence-electron chi connectivity index (χ1n) is 8.02. The van der Waals surface area contributed by atoms with Gasteiger partial charge in [-0.1, -0.05) is 0 Å². The highest BCUT2D eigenvalue weighted by Gasteiger charge is 2.48. The van der Waals surface area contributed by atoms with Gasteiger partial charge in [0.2, 0.25) is 5.91 Å². The van der Waals surface area contributed by atoms with Gasteiger partial charge in [0, 0.05) is 19.1 Å². The van der Waals surface area contributed by atoms with Crippen LogP contribution in [0.4, 0.5) is 0 Å². The molecule has 3 atom stereocenters. The summed E-state index contributed by atoms with van der Waals surface area (Å²) in [6.07, 6.45) is 5.91. The van der Waals surface area contributed by atoms with Crippen molar-refractivity contribution in [1.82, 2.24) is 9.80 Å². The minimum Gasteiger partial charge on any atom is -0.368 e. The molecule has 20 heavy (non-hydrogen) atoms. The zero-order valence-corrected chi connectivity index (χ0v) is 12.6. The van der Waals surface area contributed by atoms with Crippen molar-refractivity contribution in [2.45, 2.75) is 43.7 Å². The van der Waals surface area contributed by atoms with E-state index in [0.29, 0.717) is 12.5 Å². The number of carbonyl (C=O) groups is 1. The Labute approximate surface area is 121 Å². The molecule has 114 valence electrons. The van der Waals surface area contributed by atoms with E-state index < -0.39 is 5.54 Å². The average Bonchev–Trinajstić information content (AvgIpc) is 3.23. The Hall–Kier alpha value is -0.650. The summed E-state index contributed by atoms with van der Waals surface area (Å²) in [4.78, 5) is 16.7. The summed E-state index contributed by atoms with van der Waals surface area (Å²) in [7, 11) is 2.24. The molecule has 0 spiro atoms. The molecule has 5 heteroatoms. The lowest BCUT2D eigenvalue weighted by Crippen LogP contribution is -2.63. The van der Waals surface area contributed by atoms with Crippen LogP contribution < -0.4 is 11.5 Å². The lowest BCUT2D eigenvalue weighted by molar-refractivity contribution is -0.125. The Bertz CT molecular complexity index is 384. The zero-order chi connectivity index (χ0) is 14.3. The first-order valence-corrected chi connectivity index (χ1v) is 8.02. The van der Waals surface area contributed by atoms with E-state index in [1.54, 1.807) is 0 Å². The number of carbonyl (C=O) groups excluding carboxylic acids is 1. The number of hydrogen-bond donors (Lipinski definition) is 2. The summed E-state index contributed by atoms with van der Waals surface area (Å²) in [6, 6.07) is 0.724. The fourth-order valence-corrected chi connectivity index (χ4v) is 4.25. The highest BCUT2D eigenvalue weighted by Crippen LogP contribution is 2.39. The molecule has 0 aromatic rings. The van der Waals surface area contributed by atoms with Gasteiger partial charge in [0.25, 0.3) is 0 Å². The Morgan fingerprint density at radius 2 is 2.00 bits per heavy atom. The number of nitrogens with zero attached hydrogens (tertiary/aromatic N) is 2. The van der Waals surface area contributed by atoms with Crippen LogP contribution in [0.25, 0.3) is 0 Å². The molecule has 3 unspecified atom stereocenters. The summed E-state index contributed by atoms with van der Waals surface area (Å²) in [5.41, 5.74) is 11.1. The van der Waals surface area contributed by atoms with Crippen molar-refractivity contribution in [1.29, 1.82) is 0 Å². The third-order valence-electron chi connectivity index (χ3n) is 5.68. The van der Waals surface area contributed by atoms with Crippen molar-refractivity contribution in [2.75, 3.05) is 33.2 Å². The topological polar surface area (TPSA) is 75.6 Å². The summed E-state index contributed by atoms with van der Waals surface area (Å²) < 4.78 is 0. The van der Waals surface area contributed by atoms with Crippen LogP contribution in [-0.4, -0.2) is 60.5 Å². The largest absolute Gasteiger partial charge is 0.368 e. The van der Waals surface area contributed by atoms with Crippen LogP contribution in [-0.2, 0) is 4.79 Å². The molecule has 0 radical (unpaired) electrons. The highest BCUT2D eigenvalue weighted by atomic mass is 16.1. The second-order valence-electron chi connectivity index (χ2n) is 7.15. The fourth-order valence-electron chi connectivity index (χ4n) is 4.25. The van der Waals surface area contributed by atoms with Crippen molar-refractivity contribution < 1.29 is 4.79 Å². The first-order chi connectivity index (χ1) is 9.50. The van der Waals surface area contributed by atoms with Gasteiger partial charge in [0.1, 0.15) is 5.54 Å². The minimum absolute atomic E-state index is 0.312. The highest BCUT2D eigenvalue weighted by molar-refractivity contribution is 5.85. The van der Waals surface area contributed by atoms with Crippen LogP contribution >= 0.6 is 0 Å². The van der Waals surface area contributed by atoms with Gasteiger partial charge in [-0.2, -0.15) is 0 Å². The predicted molar refractivity (Wildman–Crippen MR) is 79.0 cm³/mol. The number of fused-ring (bicyclic) bond motifs is 1. The molecule has 1 amide bonds. The number of likely N-dealkylation sites (tertiary alicyclic amines) is 2. The van der Waals surface area contributed by atoms with Crippen molar-refractivity contribution in [2.24, 2.45) is 23.3 Å². The van der Waals surface area contributed by atoms with E-state index in [1.807, 2.05) is 0 Å². The Balaban J connectivity index is 1.63. The van der Waals surface area contributed by atoms with E-state index in [9.17, 15) is 4.79 Å². The second kappa shape index (κ2) is 5.28. The lowest BCUT2D eigenvalue weighted by atomic mass is 9.83. The first kappa shape index (κ1) is 14.3. The molecule has 1 saturated carbocycles. The van der Waals surface area contributed by atoms with Crippen molar-refractivity contribution in [3.8, 4) is 0 Å². The third-order valence-corrected chi connectivity index (χ3v) is 5.68. The zero-order valence-electron chi connectivity index (χ0n) is 12.6. The van der Waals surface area contributed by atoms with E-state index in [4.69, 9.17) is 11.5 Å². The molecule has 0 aromatic heterocycles. The normalized spacial score (nSPS) is 35.3. The SMILES string of the molecule is CN1CCCC2CN(CC(N)(C(N)=O)C3CC3)CCC21. The third kappa shape index (κ3) is 2.59. The molecule has 5 nitrogen and oxygen atoms in total. The van der Waals surface area contributed by atoms with E-state index >= 15 is 0 Å². The summed E-state index contributed by atoms with van der Waals surface area (Å²) in [5, 5.41) is 0. The number of hydrogen-bond acceptors (Lipinski definition) is 4. The monoisotopic (exact) mass is 280 g/mol. The van der Waals surface area contributed by atoms with Gasteiger partial charge >= 0.3 is 0 Å². The number of rotatable bonds is 4. The summed E-state index contributed by atoms with van der Waals surface area (Å²) in [5.74, 6) is 0.730. The predicted octanol–water partition coefficient (Wildman–Crippen LogP) is -0.00470. The van der Waals surface area contributed by atoms with Crippen molar-refractivity contribution in [3.05, 3.63) is 0 Å². The van der Waals surface area contributed by atoms with Crippen LogP contribution in [0.3, 0.4) is 0 Å². The molecule has 3 rings (SSSR count). The average molecular weight is 280 g/mol. The van der Waals surface area contributed by atoms with Crippen molar-refractivity contribution >= 4 is 5.91 Å². The van der Waals surface area contributed by atoms with E-state index in [2.05, 4.69) is 16.8 Å². The van der Waals surface area contributed by atoms with Gasteiger partial charge in [-0.3, -0.25) is 4.79 Å². The molecule has 4 N–H and O–H groups in total. The Morgan fingerprint density at radius 3 is 2.65 bits per heavy atom. The van der Waals surface area contributed by atoms with E-state index in [-0.39, 0.29) is 5.91 Å². The van der Waals surface area contributed by atoms with Crippen LogP contribution in [0, 0.1) is 11.8 Å². The molecule has 2 aliphatic heterocycles. The quantitative estimate of drug-likeness (QED) is 0.760. The number of amides is 1. The van der Waals surface area contributed by atoms with Crippen molar-refractivity contribution in [3.63, 3.8) is 0 Å². The van der Waals surface area contributed by atoms with Gasteiger partial charge in [0.15, 0.2) is 0 Å². The van der Waals surface area contributed by atoms with Gasteiger partial charge in [-0.15, -0.1) is 0 Å². The molecule has 3 fully saturated rings. The second-order valence-corrected chi connectivity index (χ2v) is 7.15. The number of primary amides is 1. The standard InChI is InChI=1S/C15H28N4O/c1-18-7-2-3-11-9-19(8-6-13(11)18)10-15(17,14(16)20)12-4-5-12/h11-13H,2-10,17H2,1H3,(H2,16,20). The molecule has 2 saturated heterocycles. The number of piperidine rings is 2. The molecule has 2 heterocycles. The lowest BCUT2D eigenvalue weighted by Gasteiger charge is -2.47. The maximum Gasteiger partial charge on any atom is 0.239 e. The van der Waals surface area contributed by atoms with E-state index in [1.165, 1.54) is 25.8 Å². The van der Waals surface area contributed by atoms with Gasteiger partial charge in [0.05, 0.1) is 0 Å².